The van der Waals surface area contributed by atoms with Crippen LogP contribution in [0.1, 0.15) is 30.0 Å². The molecule has 4 heteroatoms. The number of rotatable bonds is 5. The van der Waals surface area contributed by atoms with E-state index in [0.29, 0.717) is 12.2 Å². The summed E-state index contributed by atoms with van der Waals surface area (Å²) < 4.78 is 19.1. The molecule has 0 aliphatic rings. The number of hydrogen-bond donors (Lipinski definition) is 0. The second kappa shape index (κ2) is 7.60. The minimum atomic E-state index is -0.467. The smallest absolute Gasteiger partial charge is 0.306 e. The molecule has 122 valence electrons. The van der Waals surface area contributed by atoms with Crippen LogP contribution in [0.3, 0.4) is 0 Å². The van der Waals surface area contributed by atoms with Gasteiger partial charge in [0.15, 0.2) is 0 Å². The topological polar surface area (TPSA) is 26.3 Å². The average molecular weight is 335 g/mol. The van der Waals surface area contributed by atoms with E-state index in [1.54, 1.807) is 19.1 Å². The third-order valence-corrected chi connectivity index (χ3v) is 4.05. The lowest BCUT2D eigenvalue weighted by molar-refractivity contribution is -0.143. The maximum atomic E-state index is 14.3. The van der Waals surface area contributed by atoms with Crippen molar-refractivity contribution in [2.24, 2.45) is 0 Å². The van der Waals surface area contributed by atoms with E-state index in [4.69, 9.17) is 16.3 Å². The lowest BCUT2D eigenvalue weighted by Crippen LogP contribution is -2.06. The summed E-state index contributed by atoms with van der Waals surface area (Å²) in [7, 11) is 0. The van der Waals surface area contributed by atoms with Crippen LogP contribution < -0.4 is 0 Å². The Kier molecular flexibility index (Phi) is 5.78. The number of aryl methyl sites for hydroxylation is 3. The zero-order valence-corrected chi connectivity index (χ0v) is 14.3. The van der Waals surface area contributed by atoms with Crippen molar-refractivity contribution in [2.75, 3.05) is 6.61 Å². The van der Waals surface area contributed by atoms with Crippen LogP contribution in [0.25, 0.3) is 11.1 Å². The van der Waals surface area contributed by atoms with Crippen LogP contribution in [0, 0.1) is 19.7 Å². The van der Waals surface area contributed by atoms with E-state index in [1.165, 1.54) is 0 Å². The number of carbonyl (C=O) groups excluding carboxylic acids is 1. The molecule has 0 aliphatic heterocycles. The summed E-state index contributed by atoms with van der Waals surface area (Å²) in [5.74, 6) is -0.800. The molecule has 0 atom stereocenters. The molecule has 23 heavy (non-hydrogen) atoms. The van der Waals surface area contributed by atoms with Gasteiger partial charge in [-0.15, -0.1) is 0 Å². The summed E-state index contributed by atoms with van der Waals surface area (Å²) in [4.78, 5) is 11.5. The van der Waals surface area contributed by atoms with Gasteiger partial charge in [-0.2, -0.15) is 0 Å². The van der Waals surface area contributed by atoms with Crippen molar-refractivity contribution in [3.05, 3.63) is 57.9 Å². The number of hydrogen-bond acceptors (Lipinski definition) is 2. The molecular formula is C19H20ClFO2. The molecule has 0 unspecified atom stereocenters. The summed E-state index contributed by atoms with van der Waals surface area (Å²) in [5, 5.41) is 0.0732. The quantitative estimate of drug-likeness (QED) is 0.697. The van der Waals surface area contributed by atoms with Crippen molar-refractivity contribution in [3.8, 4) is 11.1 Å². The highest BCUT2D eigenvalue weighted by Crippen LogP contribution is 2.32. The normalized spacial score (nSPS) is 10.7. The molecule has 0 heterocycles. The van der Waals surface area contributed by atoms with Crippen LogP contribution in [0.5, 0.6) is 0 Å². The molecule has 0 aromatic heterocycles. The van der Waals surface area contributed by atoms with Gasteiger partial charge >= 0.3 is 5.97 Å². The number of halogens is 2. The van der Waals surface area contributed by atoms with Crippen LogP contribution in [0.15, 0.2) is 30.3 Å². The number of carbonyl (C=O) groups is 1. The first-order valence-electron chi connectivity index (χ1n) is 7.64. The number of ether oxygens (including phenoxy) is 1. The van der Waals surface area contributed by atoms with E-state index < -0.39 is 5.82 Å². The summed E-state index contributed by atoms with van der Waals surface area (Å²) in [6.45, 7) is 6.09. The van der Waals surface area contributed by atoms with E-state index in [2.05, 4.69) is 0 Å². The van der Waals surface area contributed by atoms with Gasteiger partial charge in [-0.3, -0.25) is 4.79 Å². The van der Waals surface area contributed by atoms with Crippen molar-refractivity contribution >= 4 is 17.6 Å². The van der Waals surface area contributed by atoms with Crippen molar-refractivity contribution in [3.63, 3.8) is 0 Å². The highest BCUT2D eigenvalue weighted by Gasteiger charge is 2.14. The van der Waals surface area contributed by atoms with Gasteiger partial charge in [-0.05, 0) is 67.1 Å². The zero-order chi connectivity index (χ0) is 17.0. The Balaban J connectivity index is 2.38. The van der Waals surface area contributed by atoms with Gasteiger partial charge in [0.2, 0.25) is 0 Å². The maximum absolute atomic E-state index is 14.3. The molecule has 0 radical (unpaired) electrons. The van der Waals surface area contributed by atoms with Crippen LogP contribution in [0.4, 0.5) is 4.39 Å². The molecule has 0 fully saturated rings. The van der Waals surface area contributed by atoms with Gasteiger partial charge in [0, 0.05) is 6.42 Å². The fraction of sp³-hybridized carbons (Fsp3) is 0.316. The third kappa shape index (κ3) is 4.11. The molecule has 0 saturated carbocycles. The molecule has 2 rings (SSSR count). The van der Waals surface area contributed by atoms with Gasteiger partial charge in [-0.1, -0.05) is 29.8 Å². The summed E-state index contributed by atoms with van der Waals surface area (Å²) in [6.07, 6.45) is 0.403. The Morgan fingerprint density at radius 3 is 2.48 bits per heavy atom. The number of benzene rings is 2. The Bertz CT molecular complexity index is 705. The highest BCUT2D eigenvalue weighted by atomic mass is 35.5. The molecule has 0 saturated heterocycles. The molecule has 0 N–H and O–H groups in total. The van der Waals surface area contributed by atoms with Crippen molar-refractivity contribution < 1.29 is 13.9 Å². The van der Waals surface area contributed by atoms with Crippen molar-refractivity contribution in [1.82, 2.24) is 0 Å². The molecular weight excluding hydrogens is 315 g/mol. The predicted octanol–water partition coefficient (Wildman–Crippen LogP) is 5.26. The predicted molar refractivity (Wildman–Crippen MR) is 91.3 cm³/mol. The summed E-state index contributed by atoms with van der Waals surface area (Å²) in [6, 6.07) is 9.42. The maximum Gasteiger partial charge on any atom is 0.306 e. The third-order valence-electron chi connectivity index (χ3n) is 3.78. The monoisotopic (exact) mass is 334 g/mol. The van der Waals surface area contributed by atoms with Crippen LogP contribution in [-0.2, 0) is 16.0 Å². The van der Waals surface area contributed by atoms with Gasteiger partial charge in [-0.25, -0.2) is 4.39 Å². The van der Waals surface area contributed by atoms with Gasteiger partial charge in [0.1, 0.15) is 5.82 Å². The highest BCUT2D eigenvalue weighted by molar-refractivity contribution is 6.31. The first kappa shape index (κ1) is 17.5. The van der Waals surface area contributed by atoms with Crippen molar-refractivity contribution in [1.29, 1.82) is 0 Å². The van der Waals surface area contributed by atoms with E-state index in [9.17, 15) is 9.18 Å². The average Bonchev–Trinajstić information content (AvgIpc) is 2.49. The van der Waals surface area contributed by atoms with Crippen LogP contribution in [-0.4, -0.2) is 12.6 Å². The van der Waals surface area contributed by atoms with Gasteiger partial charge in [0.05, 0.1) is 11.6 Å². The zero-order valence-electron chi connectivity index (χ0n) is 13.6. The fourth-order valence-electron chi connectivity index (χ4n) is 2.71. The molecule has 2 nitrogen and oxygen atoms in total. The first-order chi connectivity index (χ1) is 10.9. The molecule has 0 amide bonds. The van der Waals surface area contributed by atoms with Crippen LogP contribution >= 0.6 is 11.6 Å². The Hall–Kier alpha value is -1.87. The molecule has 0 bridgehead atoms. The van der Waals surface area contributed by atoms with Crippen LogP contribution in [0.2, 0.25) is 5.02 Å². The molecule has 2 aromatic carbocycles. The standard InChI is InChI=1S/C19H20ClFO2/c1-4-23-17(22)9-8-14-10-15(11-16(20)19(14)21)18-12(2)6-5-7-13(18)3/h5-7,10-11H,4,8-9H2,1-3H3. The van der Waals surface area contributed by atoms with Gasteiger partial charge < -0.3 is 4.74 Å². The molecule has 0 spiro atoms. The van der Waals surface area contributed by atoms with E-state index in [1.807, 2.05) is 32.0 Å². The largest absolute Gasteiger partial charge is 0.466 e. The SMILES string of the molecule is CCOC(=O)CCc1cc(-c2c(C)cccc2C)cc(Cl)c1F. The summed E-state index contributed by atoms with van der Waals surface area (Å²) in [5.41, 5.74) is 4.55. The Labute approximate surface area is 141 Å². The fourth-order valence-corrected chi connectivity index (χ4v) is 2.95. The van der Waals surface area contributed by atoms with E-state index in [-0.39, 0.29) is 23.8 Å². The van der Waals surface area contributed by atoms with Crippen molar-refractivity contribution in [2.45, 2.75) is 33.6 Å². The molecule has 2 aromatic rings. The minimum Gasteiger partial charge on any atom is -0.466 e. The lowest BCUT2D eigenvalue weighted by Gasteiger charge is -2.13. The number of esters is 1. The van der Waals surface area contributed by atoms with Gasteiger partial charge in [0.25, 0.3) is 0 Å². The van der Waals surface area contributed by atoms with E-state index >= 15 is 0 Å². The minimum absolute atomic E-state index is 0.0732. The Morgan fingerprint density at radius 1 is 1.22 bits per heavy atom. The second-order valence-corrected chi connectivity index (χ2v) is 5.91. The Morgan fingerprint density at radius 2 is 1.87 bits per heavy atom. The van der Waals surface area contributed by atoms with E-state index in [0.717, 1.165) is 22.3 Å². The first-order valence-corrected chi connectivity index (χ1v) is 8.02. The molecule has 0 aliphatic carbocycles. The second-order valence-electron chi connectivity index (χ2n) is 5.50. The lowest BCUT2D eigenvalue weighted by atomic mass is 9.93. The summed E-state index contributed by atoms with van der Waals surface area (Å²) >= 11 is 6.06.